The van der Waals surface area contributed by atoms with Crippen molar-refractivity contribution < 1.29 is 9.72 Å². The van der Waals surface area contributed by atoms with Crippen molar-refractivity contribution >= 4 is 23.0 Å². The normalized spacial score (nSPS) is 11.6. The van der Waals surface area contributed by atoms with Crippen molar-refractivity contribution in [3.05, 3.63) is 63.7 Å². The lowest BCUT2D eigenvalue weighted by Gasteiger charge is -2.16. The molecule has 1 atom stereocenters. The van der Waals surface area contributed by atoms with E-state index in [2.05, 4.69) is 16.0 Å². The first-order valence-electron chi connectivity index (χ1n) is 7.96. The number of carbonyl (C=O) groups excluding carboxylic acids is 1. The molecule has 0 aromatic heterocycles. The summed E-state index contributed by atoms with van der Waals surface area (Å²) in [5.74, 6) is -0.116. The summed E-state index contributed by atoms with van der Waals surface area (Å²) in [5.41, 5.74) is 3.14. The SMILES string of the molecule is CNc1ccc(CN[C@H](C)c2cccc(NC(C)=O)c2)cc1[N+](=O)[O-]. The fourth-order valence-corrected chi connectivity index (χ4v) is 2.53. The van der Waals surface area contributed by atoms with Gasteiger partial charge in [0.25, 0.3) is 5.69 Å². The minimum absolute atomic E-state index is 0.0248. The van der Waals surface area contributed by atoms with E-state index in [0.29, 0.717) is 12.2 Å². The Balaban J connectivity index is 2.07. The smallest absolute Gasteiger partial charge is 0.292 e. The molecular weight excluding hydrogens is 320 g/mol. The largest absolute Gasteiger partial charge is 0.383 e. The Kier molecular flexibility index (Phi) is 6.08. The van der Waals surface area contributed by atoms with Gasteiger partial charge in [-0.15, -0.1) is 0 Å². The van der Waals surface area contributed by atoms with E-state index in [1.54, 1.807) is 19.2 Å². The zero-order valence-corrected chi connectivity index (χ0v) is 14.5. The summed E-state index contributed by atoms with van der Waals surface area (Å²) in [7, 11) is 1.66. The summed E-state index contributed by atoms with van der Waals surface area (Å²) in [6.07, 6.45) is 0. The lowest BCUT2D eigenvalue weighted by atomic mass is 10.1. The van der Waals surface area contributed by atoms with Crippen molar-refractivity contribution in [3.63, 3.8) is 0 Å². The van der Waals surface area contributed by atoms with Crippen LogP contribution in [0.2, 0.25) is 0 Å². The lowest BCUT2D eigenvalue weighted by molar-refractivity contribution is -0.384. The van der Waals surface area contributed by atoms with Crippen LogP contribution in [0.25, 0.3) is 0 Å². The molecule has 2 aromatic rings. The van der Waals surface area contributed by atoms with E-state index < -0.39 is 4.92 Å². The van der Waals surface area contributed by atoms with E-state index in [1.807, 2.05) is 37.3 Å². The van der Waals surface area contributed by atoms with Crippen LogP contribution in [0.1, 0.15) is 31.0 Å². The first kappa shape index (κ1) is 18.4. The summed E-state index contributed by atoms with van der Waals surface area (Å²) in [4.78, 5) is 21.9. The summed E-state index contributed by atoms with van der Waals surface area (Å²) in [5, 5.41) is 20.1. The maximum Gasteiger partial charge on any atom is 0.292 e. The van der Waals surface area contributed by atoms with Crippen LogP contribution < -0.4 is 16.0 Å². The molecule has 0 heterocycles. The van der Waals surface area contributed by atoms with E-state index in [9.17, 15) is 14.9 Å². The van der Waals surface area contributed by atoms with Crippen LogP contribution in [0.5, 0.6) is 0 Å². The maximum atomic E-state index is 11.2. The molecule has 0 saturated heterocycles. The highest BCUT2D eigenvalue weighted by molar-refractivity contribution is 5.88. The molecule has 7 nitrogen and oxygen atoms in total. The fraction of sp³-hybridized carbons (Fsp3) is 0.278. The number of nitro groups is 1. The van der Waals surface area contributed by atoms with Crippen LogP contribution in [0.3, 0.4) is 0 Å². The monoisotopic (exact) mass is 342 g/mol. The summed E-state index contributed by atoms with van der Waals surface area (Å²) < 4.78 is 0. The van der Waals surface area contributed by atoms with Gasteiger partial charge in [0.05, 0.1) is 4.92 Å². The fourth-order valence-electron chi connectivity index (χ4n) is 2.53. The molecule has 7 heteroatoms. The molecule has 0 saturated carbocycles. The molecule has 2 aromatic carbocycles. The molecule has 2 rings (SSSR count). The number of hydrogen-bond donors (Lipinski definition) is 3. The number of rotatable bonds is 7. The average Bonchev–Trinajstić information content (AvgIpc) is 2.59. The van der Waals surface area contributed by atoms with E-state index in [-0.39, 0.29) is 17.6 Å². The van der Waals surface area contributed by atoms with Crippen molar-refractivity contribution in [2.75, 3.05) is 17.7 Å². The zero-order valence-electron chi connectivity index (χ0n) is 14.5. The van der Waals surface area contributed by atoms with Gasteiger partial charge in [-0.2, -0.15) is 0 Å². The van der Waals surface area contributed by atoms with Gasteiger partial charge in [-0.05, 0) is 36.2 Å². The molecule has 0 spiro atoms. The van der Waals surface area contributed by atoms with Crippen molar-refractivity contribution in [2.45, 2.75) is 26.4 Å². The minimum atomic E-state index is -0.393. The third-order valence-electron chi connectivity index (χ3n) is 3.85. The Morgan fingerprint density at radius 3 is 2.64 bits per heavy atom. The molecule has 25 heavy (non-hydrogen) atoms. The summed E-state index contributed by atoms with van der Waals surface area (Å²) in [6, 6.07) is 12.7. The van der Waals surface area contributed by atoms with Gasteiger partial charge in [-0.25, -0.2) is 0 Å². The third kappa shape index (κ3) is 5.02. The molecule has 0 aliphatic heterocycles. The number of anilines is 2. The number of hydrogen-bond acceptors (Lipinski definition) is 5. The predicted octanol–water partition coefficient (Wildman–Crippen LogP) is 3.45. The summed E-state index contributed by atoms with van der Waals surface area (Å²) in [6.45, 7) is 3.97. The first-order valence-corrected chi connectivity index (χ1v) is 7.96. The molecule has 0 aliphatic rings. The van der Waals surface area contributed by atoms with Gasteiger partial charge in [0.2, 0.25) is 5.91 Å². The van der Waals surface area contributed by atoms with Crippen molar-refractivity contribution in [2.24, 2.45) is 0 Å². The van der Waals surface area contributed by atoms with Gasteiger partial charge in [-0.1, -0.05) is 18.2 Å². The van der Waals surface area contributed by atoms with Crippen LogP contribution in [0.4, 0.5) is 17.1 Å². The van der Waals surface area contributed by atoms with Gasteiger partial charge >= 0.3 is 0 Å². The molecular formula is C18H22N4O3. The molecule has 0 radical (unpaired) electrons. The molecule has 0 bridgehead atoms. The average molecular weight is 342 g/mol. The first-order chi connectivity index (χ1) is 11.9. The number of amides is 1. The van der Waals surface area contributed by atoms with Crippen LogP contribution in [-0.2, 0) is 11.3 Å². The van der Waals surface area contributed by atoms with Crippen LogP contribution in [0.15, 0.2) is 42.5 Å². The predicted molar refractivity (Wildman–Crippen MR) is 98.6 cm³/mol. The second kappa shape index (κ2) is 8.25. The zero-order chi connectivity index (χ0) is 18.4. The van der Waals surface area contributed by atoms with E-state index in [1.165, 1.54) is 6.92 Å². The topological polar surface area (TPSA) is 96.3 Å². The van der Waals surface area contributed by atoms with Gasteiger partial charge in [0.1, 0.15) is 5.69 Å². The Morgan fingerprint density at radius 1 is 1.24 bits per heavy atom. The highest BCUT2D eigenvalue weighted by Gasteiger charge is 2.14. The molecule has 1 amide bonds. The number of nitrogens with one attached hydrogen (secondary N) is 3. The number of nitro benzene ring substituents is 1. The van der Waals surface area contributed by atoms with E-state index in [0.717, 1.165) is 16.8 Å². The Labute approximate surface area is 146 Å². The van der Waals surface area contributed by atoms with Crippen LogP contribution in [0, 0.1) is 10.1 Å². The maximum absolute atomic E-state index is 11.2. The summed E-state index contributed by atoms with van der Waals surface area (Å²) >= 11 is 0. The highest BCUT2D eigenvalue weighted by Crippen LogP contribution is 2.25. The van der Waals surface area contributed by atoms with Crippen molar-refractivity contribution in [3.8, 4) is 0 Å². The number of benzene rings is 2. The van der Waals surface area contributed by atoms with Crippen LogP contribution in [-0.4, -0.2) is 17.9 Å². The second-order valence-electron chi connectivity index (χ2n) is 5.77. The standard InChI is InChI=1S/C18H22N4O3/c1-12(15-5-4-6-16(10-15)21-13(2)23)20-11-14-7-8-17(19-3)18(9-14)22(24)25/h4-10,12,19-20H,11H2,1-3H3,(H,21,23)/t12-/m1/s1. The van der Waals surface area contributed by atoms with E-state index >= 15 is 0 Å². The quantitative estimate of drug-likeness (QED) is 0.529. The van der Waals surface area contributed by atoms with E-state index in [4.69, 9.17) is 0 Å². The Morgan fingerprint density at radius 2 is 2.00 bits per heavy atom. The molecule has 3 N–H and O–H groups in total. The van der Waals surface area contributed by atoms with Gasteiger partial charge in [0.15, 0.2) is 0 Å². The highest BCUT2D eigenvalue weighted by atomic mass is 16.6. The number of nitrogens with zero attached hydrogens (tertiary/aromatic N) is 1. The molecule has 0 fully saturated rings. The van der Waals surface area contributed by atoms with Gasteiger partial charge < -0.3 is 16.0 Å². The number of carbonyl (C=O) groups is 1. The molecule has 132 valence electrons. The van der Waals surface area contributed by atoms with Crippen LogP contribution >= 0.6 is 0 Å². The van der Waals surface area contributed by atoms with Crippen molar-refractivity contribution in [1.29, 1.82) is 0 Å². The molecule has 0 unspecified atom stereocenters. The third-order valence-corrected chi connectivity index (χ3v) is 3.85. The second-order valence-corrected chi connectivity index (χ2v) is 5.77. The lowest BCUT2D eigenvalue weighted by Crippen LogP contribution is -2.18. The Hall–Kier alpha value is -2.93. The van der Waals surface area contributed by atoms with Gasteiger partial charge in [0, 0.05) is 38.3 Å². The Bertz CT molecular complexity index is 777. The van der Waals surface area contributed by atoms with Gasteiger partial charge in [-0.3, -0.25) is 14.9 Å². The minimum Gasteiger partial charge on any atom is -0.383 e. The van der Waals surface area contributed by atoms with Crippen molar-refractivity contribution in [1.82, 2.24) is 5.32 Å². The molecule has 0 aliphatic carbocycles.